The lowest BCUT2D eigenvalue weighted by molar-refractivity contribution is 0.372. The Morgan fingerprint density at radius 1 is 1.17 bits per heavy atom. The fraction of sp³-hybridized carbons (Fsp3) is 0.412. The molecule has 1 aromatic heterocycles. The Labute approximate surface area is 141 Å². The Hall–Kier alpha value is -2.57. The van der Waals surface area contributed by atoms with Gasteiger partial charge in [0, 0.05) is 52.2 Å². The average Bonchev–Trinajstić information content (AvgIpc) is 3.02. The standard InChI is InChI=1S/C17H23FN6/c1-19-17(20-13-16-7-8-21-22(16)2)24-11-9-23(10-12-24)15-5-3-14(18)4-6-15/h3-8H,9-13H2,1-2H3,(H,19,20). The number of anilines is 1. The van der Waals surface area contributed by atoms with Crippen molar-refractivity contribution in [3.05, 3.63) is 48.0 Å². The maximum Gasteiger partial charge on any atom is 0.194 e. The number of aryl methyl sites for hydroxylation is 1. The Morgan fingerprint density at radius 3 is 2.46 bits per heavy atom. The smallest absolute Gasteiger partial charge is 0.194 e. The van der Waals surface area contributed by atoms with Gasteiger partial charge in [0.05, 0.1) is 12.2 Å². The van der Waals surface area contributed by atoms with E-state index in [1.54, 1.807) is 13.2 Å². The summed E-state index contributed by atoms with van der Waals surface area (Å²) in [4.78, 5) is 8.90. The second-order valence-electron chi connectivity index (χ2n) is 5.80. The molecule has 0 radical (unpaired) electrons. The molecule has 6 nitrogen and oxygen atoms in total. The molecule has 7 heteroatoms. The lowest BCUT2D eigenvalue weighted by Crippen LogP contribution is -2.52. The molecule has 1 fully saturated rings. The summed E-state index contributed by atoms with van der Waals surface area (Å²) >= 11 is 0. The van der Waals surface area contributed by atoms with Gasteiger partial charge in [0.2, 0.25) is 0 Å². The molecule has 1 aliphatic heterocycles. The van der Waals surface area contributed by atoms with Crippen LogP contribution in [0.15, 0.2) is 41.5 Å². The SMILES string of the molecule is CN=C(NCc1ccnn1C)N1CCN(c2ccc(F)cc2)CC1. The van der Waals surface area contributed by atoms with Crippen LogP contribution in [0, 0.1) is 5.82 Å². The fourth-order valence-corrected chi connectivity index (χ4v) is 2.90. The van der Waals surface area contributed by atoms with Crippen molar-refractivity contribution in [3.8, 4) is 0 Å². The first-order valence-electron chi connectivity index (χ1n) is 8.10. The Balaban J connectivity index is 1.54. The maximum atomic E-state index is 13.0. The van der Waals surface area contributed by atoms with Crippen LogP contribution in [0.4, 0.5) is 10.1 Å². The molecule has 0 bridgehead atoms. The van der Waals surface area contributed by atoms with Gasteiger partial charge in [-0.2, -0.15) is 5.10 Å². The van der Waals surface area contributed by atoms with E-state index < -0.39 is 0 Å². The third-order valence-electron chi connectivity index (χ3n) is 4.33. The van der Waals surface area contributed by atoms with Crippen LogP contribution in [-0.4, -0.2) is 53.9 Å². The number of halogens is 1. The van der Waals surface area contributed by atoms with Gasteiger partial charge in [-0.05, 0) is 30.3 Å². The van der Waals surface area contributed by atoms with Gasteiger partial charge in [0.1, 0.15) is 5.82 Å². The summed E-state index contributed by atoms with van der Waals surface area (Å²) in [6.07, 6.45) is 1.79. The highest BCUT2D eigenvalue weighted by Crippen LogP contribution is 2.17. The van der Waals surface area contributed by atoms with Crippen molar-refractivity contribution in [3.63, 3.8) is 0 Å². The fourth-order valence-electron chi connectivity index (χ4n) is 2.90. The minimum absolute atomic E-state index is 0.197. The van der Waals surface area contributed by atoms with E-state index in [2.05, 4.69) is 25.2 Å². The van der Waals surface area contributed by atoms with Crippen LogP contribution in [0.25, 0.3) is 0 Å². The van der Waals surface area contributed by atoms with Gasteiger partial charge in [-0.3, -0.25) is 9.67 Å². The summed E-state index contributed by atoms with van der Waals surface area (Å²) in [5, 5.41) is 7.56. The molecule has 0 spiro atoms. The Bertz CT molecular complexity index is 685. The highest BCUT2D eigenvalue weighted by molar-refractivity contribution is 5.80. The van der Waals surface area contributed by atoms with Gasteiger partial charge >= 0.3 is 0 Å². The zero-order chi connectivity index (χ0) is 16.9. The lowest BCUT2D eigenvalue weighted by atomic mass is 10.2. The number of nitrogens with one attached hydrogen (secondary N) is 1. The van der Waals surface area contributed by atoms with E-state index in [9.17, 15) is 4.39 Å². The van der Waals surface area contributed by atoms with Gasteiger partial charge < -0.3 is 15.1 Å². The zero-order valence-corrected chi connectivity index (χ0v) is 14.1. The highest BCUT2D eigenvalue weighted by atomic mass is 19.1. The van der Waals surface area contributed by atoms with Gasteiger partial charge in [0.25, 0.3) is 0 Å². The number of aromatic nitrogens is 2. The lowest BCUT2D eigenvalue weighted by Gasteiger charge is -2.37. The minimum Gasteiger partial charge on any atom is -0.368 e. The van der Waals surface area contributed by atoms with Crippen molar-refractivity contribution in [2.75, 3.05) is 38.1 Å². The topological polar surface area (TPSA) is 48.7 Å². The van der Waals surface area contributed by atoms with E-state index in [-0.39, 0.29) is 5.82 Å². The van der Waals surface area contributed by atoms with Crippen LogP contribution in [-0.2, 0) is 13.6 Å². The molecular weight excluding hydrogens is 307 g/mol. The Kier molecular flexibility index (Phi) is 4.98. The quantitative estimate of drug-likeness (QED) is 0.684. The molecule has 0 saturated carbocycles. The third kappa shape index (κ3) is 3.67. The number of rotatable bonds is 3. The molecule has 24 heavy (non-hydrogen) atoms. The first-order valence-corrected chi connectivity index (χ1v) is 8.10. The molecule has 1 N–H and O–H groups in total. The van der Waals surface area contributed by atoms with E-state index in [0.717, 1.165) is 43.5 Å². The predicted molar refractivity (Wildman–Crippen MR) is 93.6 cm³/mol. The molecule has 0 aliphatic carbocycles. The normalized spacial score (nSPS) is 15.7. The van der Waals surface area contributed by atoms with Crippen LogP contribution in [0.2, 0.25) is 0 Å². The van der Waals surface area contributed by atoms with Crippen molar-refractivity contribution < 1.29 is 4.39 Å². The summed E-state index contributed by atoms with van der Waals surface area (Å²) < 4.78 is 14.9. The molecule has 128 valence electrons. The van der Waals surface area contributed by atoms with Gasteiger partial charge in [-0.25, -0.2) is 4.39 Å². The van der Waals surface area contributed by atoms with Crippen LogP contribution in [0.5, 0.6) is 0 Å². The predicted octanol–water partition coefficient (Wildman–Crippen LogP) is 1.46. The summed E-state index contributed by atoms with van der Waals surface area (Å²) in [5.41, 5.74) is 2.18. The maximum absolute atomic E-state index is 13.0. The van der Waals surface area contributed by atoms with Crippen molar-refractivity contribution in [1.82, 2.24) is 20.0 Å². The largest absolute Gasteiger partial charge is 0.368 e. The van der Waals surface area contributed by atoms with Crippen LogP contribution >= 0.6 is 0 Å². The van der Waals surface area contributed by atoms with E-state index >= 15 is 0 Å². The van der Waals surface area contributed by atoms with E-state index in [4.69, 9.17) is 0 Å². The van der Waals surface area contributed by atoms with Crippen molar-refractivity contribution in [1.29, 1.82) is 0 Å². The molecule has 0 atom stereocenters. The first kappa shape index (κ1) is 16.3. The molecule has 1 aromatic carbocycles. The molecular formula is C17H23FN6. The number of benzene rings is 1. The number of aliphatic imine (C=N–C) groups is 1. The van der Waals surface area contributed by atoms with Gasteiger partial charge in [-0.15, -0.1) is 0 Å². The third-order valence-corrected chi connectivity index (χ3v) is 4.33. The zero-order valence-electron chi connectivity index (χ0n) is 14.1. The van der Waals surface area contributed by atoms with Crippen LogP contribution < -0.4 is 10.2 Å². The second-order valence-corrected chi connectivity index (χ2v) is 5.80. The number of hydrogen-bond acceptors (Lipinski definition) is 3. The van der Waals surface area contributed by atoms with E-state index in [1.807, 2.05) is 29.9 Å². The molecule has 2 heterocycles. The number of nitrogens with zero attached hydrogens (tertiary/aromatic N) is 5. The molecule has 0 amide bonds. The van der Waals surface area contributed by atoms with Crippen molar-refractivity contribution in [2.45, 2.75) is 6.54 Å². The van der Waals surface area contributed by atoms with Crippen molar-refractivity contribution in [2.24, 2.45) is 12.0 Å². The van der Waals surface area contributed by atoms with Gasteiger partial charge in [-0.1, -0.05) is 0 Å². The molecule has 3 rings (SSSR count). The molecule has 1 aliphatic rings. The summed E-state index contributed by atoms with van der Waals surface area (Å²) in [6, 6.07) is 8.68. The summed E-state index contributed by atoms with van der Waals surface area (Å²) in [7, 11) is 3.74. The monoisotopic (exact) mass is 330 g/mol. The van der Waals surface area contributed by atoms with Crippen molar-refractivity contribution >= 4 is 11.6 Å². The number of piperazine rings is 1. The highest BCUT2D eigenvalue weighted by Gasteiger charge is 2.19. The average molecular weight is 330 g/mol. The first-order chi connectivity index (χ1) is 11.7. The molecule has 1 saturated heterocycles. The van der Waals surface area contributed by atoms with Crippen LogP contribution in [0.1, 0.15) is 5.69 Å². The van der Waals surface area contributed by atoms with E-state index in [0.29, 0.717) is 6.54 Å². The van der Waals surface area contributed by atoms with Crippen LogP contribution in [0.3, 0.4) is 0 Å². The number of hydrogen-bond donors (Lipinski definition) is 1. The number of guanidine groups is 1. The summed E-state index contributed by atoms with van der Waals surface area (Å²) in [5.74, 6) is 0.701. The van der Waals surface area contributed by atoms with E-state index in [1.165, 1.54) is 12.1 Å². The Morgan fingerprint density at radius 2 is 1.88 bits per heavy atom. The molecule has 0 unspecified atom stereocenters. The molecule has 2 aromatic rings. The summed E-state index contributed by atoms with van der Waals surface area (Å²) in [6.45, 7) is 4.22. The minimum atomic E-state index is -0.197. The van der Waals surface area contributed by atoms with Gasteiger partial charge in [0.15, 0.2) is 5.96 Å². The second kappa shape index (κ2) is 7.33.